The van der Waals surface area contributed by atoms with Gasteiger partial charge in [-0.05, 0) is 23.8 Å². The van der Waals surface area contributed by atoms with Gasteiger partial charge in [0.25, 0.3) is 0 Å². The molecular weight excluding hydrogens is 321 g/mol. The van der Waals surface area contributed by atoms with E-state index >= 15 is 0 Å². The molecule has 0 amide bonds. The highest BCUT2D eigenvalue weighted by Crippen LogP contribution is 2.25. The number of aromatic carboxylic acids is 1. The monoisotopic (exact) mass is 332 g/mol. The van der Waals surface area contributed by atoms with E-state index in [2.05, 4.69) is 4.98 Å². The number of carbonyl (C=O) groups is 1. The van der Waals surface area contributed by atoms with Crippen LogP contribution in [-0.4, -0.2) is 20.6 Å². The van der Waals surface area contributed by atoms with Crippen LogP contribution in [-0.2, 0) is 6.54 Å². The molecule has 24 heavy (non-hydrogen) atoms. The quantitative estimate of drug-likeness (QED) is 0.741. The summed E-state index contributed by atoms with van der Waals surface area (Å²) in [7, 11) is 0. The molecule has 4 nitrogen and oxygen atoms in total. The highest BCUT2D eigenvalue weighted by molar-refractivity contribution is 5.89. The highest BCUT2D eigenvalue weighted by Gasteiger charge is 2.19. The highest BCUT2D eigenvalue weighted by atomic mass is 19.2. The number of carboxylic acids is 1. The largest absolute Gasteiger partial charge is 0.478 e. The molecule has 2 aromatic carbocycles. The van der Waals surface area contributed by atoms with Crippen molar-refractivity contribution in [2.24, 2.45) is 0 Å². The van der Waals surface area contributed by atoms with Crippen LogP contribution in [0.4, 0.5) is 13.2 Å². The number of halogens is 3. The summed E-state index contributed by atoms with van der Waals surface area (Å²) in [5, 5.41) is 9.22. The summed E-state index contributed by atoms with van der Waals surface area (Å²) < 4.78 is 42.0. The molecule has 0 aliphatic rings. The Morgan fingerprint density at radius 3 is 2.58 bits per heavy atom. The molecule has 0 saturated heterocycles. The number of hydrogen-bond acceptors (Lipinski definition) is 2. The van der Waals surface area contributed by atoms with E-state index in [0.29, 0.717) is 5.56 Å². The van der Waals surface area contributed by atoms with Gasteiger partial charge in [-0.15, -0.1) is 0 Å². The van der Waals surface area contributed by atoms with Crippen molar-refractivity contribution in [3.8, 4) is 11.4 Å². The minimum atomic E-state index is -1.58. The Kier molecular flexibility index (Phi) is 4.07. The molecule has 7 heteroatoms. The molecule has 3 rings (SSSR count). The normalized spacial score (nSPS) is 10.8. The molecular formula is C17H11F3N2O2. The van der Waals surface area contributed by atoms with E-state index in [-0.39, 0.29) is 23.5 Å². The van der Waals surface area contributed by atoms with E-state index in [4.69, 9.17) is 0 Å². The van der Waals surface area contributed by atoms with Crippen molar-refractivity contribution >= 4 is 5.97 Å². The lowest BCUT2D eigenvalue weighted by Crippen LogP contribution is -2.08. The van der Waals surface area contributed by atoms with E-state index < -0.39 is 23.4 Å². The van der Waals surface area contributed by atoms with Crippen LogP contribution in [0, 0.1) is 17.5 Å². The van der Waals surface area contributed by atoms with Gasteiger partial charge in [0.15, 0.2) is 17.5 Å². The molecule has 1 N–H and O–H groups in total. The van der Waals surface area contributed by atoms with Crippen molar-refractivity contribution in [2.75, 3.05) is 0 Å². The van der Waals surface area contributed by atoms with Crippen molar-refractivity contribution in [1.29, 1.82) is 0 Å². The molecule has 1 aromatic heterocycles. The third kappa shape index (κ3) is 2.76. The lowest BCUT2D eigenvalue weighted by atomic mass is 10.1. The minimum Gasteiger partial charge on any atom is -0.478 e. The SMILES string of the molecule is O=C(O)c1ccccc1Cn1ccnc1-c1ccc(F)c(F)c1F. The average Bonchev–Trinajstić information content (AvgIpc) is 3.01. The van der Waals surface area contributed by atoms with Gasteiger partial charge in [0.05, 0.1) is 11.1 Å². The summed E-state index contributed by atoms with van der Waals surface area (Å²) in [5.74, 6) is -5.22. The maximum atomic E-state index is 14.0. The van der Waals surface area contributed by atoms with Gasteiger partial charge in [0.1, 0.15) is 5.82 Å². The topological polar surface area (TPSA) is 55.1 Å². The molecule has 0 atom stereocenters. The number of aromatic nitrogens is 2. The van der Waals surface area contributed by atoms with Crippen LogP contribution in [0.3, 0.4) is 0 Å². The number of rotatable bonds is 4. The maximum absolute atomic E-state index is 14.0. The maximum Gasteiger partial charge on any atom is 0.336 e. The van der Waals surface area contributed by atoms with Crippen LogP contribution in [0.15, 0.2) is 48.8 Å². The second-order valence-electron chi connectivity index (χ2n) is 5.06. The van der Waals surface area contributed by atoms with Gasteiger partial charge in [0.2, 0.25) is 0 Å². The van der Waals surface area contributed by atoms with Crippen molar-refractivity contribution in [3.63, 3.8) is 0 Å². The Morgan fingerprint density at radius 2 is 1.83 bits per heavy atom. The second-order valence-corrected chi connectivity index (χ2v) is 5.06. The first-order chi connectivity index (χ1) is 11.5. The Hall–Kier alpha value is -3.09. The lowest BCUT2D eigenvalue weighted by molar-refractivity contribution is 0.0695. The average molecular weight is 332 g/mol. The molecule has 0 spiro atoms. The first-order valence-electron chi connectivity index (χ1n) is 6.95. The van der Waals surface area contributed by atoms with Gasteiger partial charge in [0, 0.05) is 18.9 Å². The zero-order chi connectivity index (χ0) is 17.3. The van der Waals surface area contributed by atoms with E-state index in [1.165, 1.54) is 23.0 Å². The standard InChI is InChI=1S/C17H11F3N2O2/c18-13-6-5-12(14(19)15(13)20)16-21-7-8-22(16)9-10-3-1-2-4-11(10)17(23)24/h1-8H,9H2,(H,23,24). The third-order valence-electron chi connectivity index (χ3n) is 3.58. The van der Waals surface area contributed by atoms with E-state index in [1.807, 2.05) is 0 Å². The molecule has 0 saturated carbocycles. The fourth-order valence-electron chi connectivity index (χ4n) is 2.43. The van der Waals surface area contributed by atoms with Crippen LogP contribution in [0.25, 0.3) is 11.4 Å². The fraction of sp³-hybridized carbons (Fsp3) is 0.0588. The zero-order valence-electron chi connectivity index (χ0n) is 12.2. The van der Waals surface area contributed by atoms with Crippen molar-refractivity contribution in [3.05, 3.63) is 77.4 Å². The van der Waals surface area contributed by atoms with Gasteiger partial charge in [-0.3, -0.25) is 0 Å². The molecule has 0 unspecified atom stereocenters. The summed E-state index contributed by atoms with van der Waals surface area (Å²) in [5.41, 5.74) is 0.377. The van der Waals surface area contributed by atoms with Crippen LogP contribution in [0.2, 0.25) is 0 Å². The lowest BCUT2D eigenvalue weighted by Gasteiger charge is -2.11. The molecule has 0 radical (unpaired) electrons. The van der Waals surface area contributed by atoms with Crippen molar-refractivity contribution < 1.29 is 23.1 Å². The first-order valence-corrected chi connectivity index (χ1v) is 6.95. The van der Waals surface area contributed by atoms with Crippen LogP contribution < -0.4 is 0 Å². The Labute approximate surface area is 134 Å². The fourth-order valence-corrected chi connectivity index (χ4v) is 2.43. The van der Waals surface area contributed by atoms with Gasteiger partial charge >= 0.3 is 5.97 Å². The van der Waals surface area contributed by atoms with Gasteiger partial charge in [-0.25, -0.2) is 22.9 Å². The molecule has 122 valence electrons. The molecule has 3 aromatic rings. The summed E-state index contributed by atoms with van der Waals surface area (Å²) in [4.78, 5) is 15.2. The first kappa shape index (κ1) is 15.8. The zero-order valence-corrected chi connectivity index (χ0v) is 12.2. The Balaban J connectivity index is 2.04. The minimum absolute atomic E-state index is 0.0755. The summed E-state index contributed by atoms with van der Waals surface area (Å²) in [6, 6.07) is 8.25. The molecule has 0 aliphatic carbocycles. The number of imidazole rings is 1. The Bertz CT molecular complexity index is 922. The summed E-state index contributed by atoms with van der Waals surface area (Å²) >= 11 is 0. The van der Waals surface area contributed by atoms with Crippen LogP contribution in [0.5, 0.6) is 0 Å². The van der Waals surface area contributed by atoms with E-state index in [9.17, 15) is 23.1 Å². The summed E-state index contributed by atoms with van der Waals surface area (Å²) in [6.07, 6.45) is 2.88. The van der Waals surface area contributed by atoms with E-state index in [1.54, 1.807) is 18.2 Å². The van der Waals surface area contributed by atoms with E-state index in [0.717, 1.165) is 12.1 Å². The predicted molar refractivity (Wildman–Crippen MR) is 80.0 cm³/mol. The molecule has 1 heterocycles. The summed E-state index contributed by atoms with van der Waals surface area (Å²) in [6.45, 7) is 0.0935. The second kappa shape index (κ2) is 6.19. The van der Waals surface area contributed by atoms with Crippen molar-refractivity contribution in [1.82, 2.24) is 9.55 Å². The number of nitrogens with zero attached hydrogens (tertiary/aromatic N) is 2. The molecule has 0 aliphatic heterocycles. The van der Waals surface area contributed by atoms with Crippen LogP contribution in [0.1, 0.15) is 15.9 Å². The van der Waals surface area contributed by atoms with Gasteiger partial charge in [-0.1, -0.05) is 18.2 Å². The number of carboxylic acid groups (broad SMARTS) is 1. The molecule has 0 fully saturated rings. The van der Waals surface area contributed by atoms with Gasteiger partial charge < -0.3 is 9.67 Å². The van der Waals surface area contributed by atoms with Gasteiger partial charge in [-0.2, -0.15) is 0 Å². The number of hydrogen-bond donors (Lipinski definition) is 1. The van der Waals surface area contributed by atoms with Crippen LogP contribution >= 0.6 is 0 Å². The van der Waals surface area contributed by atoms with Crippen molar-refractivity contribution in [2.45, 2.75) is 6.54 Å². The smallest absolute Gasteiger partial charge is 0.336 e. The number of benzene rings is 2. The third-order valence-corrected chi connectivity index (χ3v) is 3.58. The Morgan fingerprint density at radius 1 is 1.08 bits per heavy atom. The predicted octanol–water partition coefficient (Wildman–Crippen LogP) is 3.71. The molecule has 0 bridgehead atoms.